The second-order valence-electron chi connectivity index (χ2n) is 6.14. The molecule has 0 spiro atoms. The van der Waals surface area contributed by atoms with E-state index in [-0.39, 0.29) is 18.7 Å². The summed E-state index contributed by atoms with van der Waals surface area (Å²) in [4.78, 5) is 35.8. The summed E-state index contributed by atoms with van der Waals surface area (Å²) in [6.45, 7) is 1.33. The highest BCUT2D eigenvalue weighted by molar-refractivity contribution is 14.1. The van der Waals surface area contributed by atoms with Crippen molar-refractivity contribution in [1.29, 1.82) is 0 Å². The minimum Gasteiger partial charge on any atom is -0.480 e. The quantitative estimate of drug-likeness (QED) is 0.505. The van der Waals surface area contributed by atoms with Crippen molar-refractivity contribution in [3.05, 3.63) is 69.3 Å². The highest BCUT2D eigenvalue weighted by atomic mass is 127. The highest BCUT2D eigenvalue weighted by Crippen LogP contribution is 2.14. The van der Waals surface area contributed by atoms with Crippen molar-refractivity contribution >= 4 is 40.4 Å². The Hall–Kier alpha value is -2.42. The van der Waals surface area contributed by atoms with E-state index in [0.717, 1.165) is 14.7 Å². The summed E-state index contributed by atoms with van der Waals surface area (Å²) in [6.07, 6.45) is 0.444. The Balaban J connectivity index is 2.13. The Kier molecular flexibility index (Phi) is 7.78. The van der Waals surface area contributed by atoms with Crippen LogP contribution in [0.3, 0.4) is 0 Å². The minimum atomic E-state index is -1.12. The lowest BCUT2D eigenvalue weighted by atomic mass is 10.0. The van der Waals surface area contributed by atoms with Crippen molar-refractivity contribution in [2.24, 2.45) is 0 Å². The van der Waals surface area contributed by atoms with Gasteiger partial charge in [-0.15, -0.1) is 0 Å². The molecule has 6 nitrogen and oxygen atoms in total. The van der Waals surface area contributed by atoms with E-state index in [1.807, 2.05) is 54.6 Å². The number of carboxylic acid groups (broad SMARTS) is 1. The number of carboxylic acids is 1. The van der Waals surface area contributed by atoms with Gasteiger partial charge in [0, 0.05) is 23.3 Å². The molecule has 0 saturated heterocycles. The van der Waals surface area contributed by atoms with Gasteiger partial charge in [-0.25, -0.2) is 4.79 Å². The van der Waals surface area contributed by atoms with Gasteiger partial charge in [-0.1, -0.05) is 48.5 Å². The van der Waals surface area contributed by atoms with E-state index >= 15 is 0 Å². The topological polar surface area (TPSA) is 95.5 Å². The number of aliphatic carboxylic acids is 1. The van der Waals surface area contributed by atoms with Crippen molar-refractivity contribution in [3.8, 4) is 0 Å². The van der Waals surface area contributed by atoms with E-state index in [2.05, 4.69) is 33.2 Å². The monoisotopic (exact) mass is 480 g/mol. The minimum absolute atomic E-state index is 0.165. The molecular formula is C20H21IN2O4. The molecule has 0 fully saturated rings. The fraction of sp³-hybridized carbons (Fsp3) is 0.250. The summed E-state index contributed by atoms with van der Waals surface area (Å²) in [5.41, 5.74) is 1.71. The molecule has 7 heteroatoms. The Labute approximate surface area is 171 Å². The van der Waals surface area contributed by atoms with Crippen molar-refractivity contribution < 1.29 is 19.5 Å². The van der Waals surface area contributed by atoms with Crippen molar-refractivity contribution in [2.75, 3.05) is 0 Å². The van der Waals surface area contributed by atoms with Gasteiger partial charge in [0.15, 0.2) is 0 Å². The van der Waals surface area contributed by atoms with Crippen molar-refractivity contribution in [2.45, 2.75) is 31.8 Å². The maximum Gasteiger partial charge on any atom is 0.326 e. The molecule has 27 heavy (non-hydrogen) atoms. The molecule has 0 bridgehead atoms. The van der Waals surface area contributed by atoms with E-state index in [1.165, 1.54) is 6.92 Å². The number of benzene rings is 2. The summed E-state index contributed by atoms with van der Waals surface area (Å²) in [7, 11) is 0. The van der Waals surface area contributed by atoms with E-state index in [4.69, 9.17) is 0 Å². The predicted octanol–water partition coefficient (Wildman–Crippen LogP) is 2.15. The summed E-state index contributed by atoms with van der Waals surface area (Å²) < 4.78 is 0.929. The Morgan fingerprint density at radius 1 is 0.926 bits per heavy atom. The lowest BCUT2D eigenvalue weighted by Gasteiger charge is -2.21. The Bertz CT molecular complexity index is 811. The lowest BCUT2D eigenvalue weighted by molar-refractivity contribution is -0.142. The first-order valence-corrected chi connectivity index (χ1v) is 9.52. The number of carbonyl (C=O) groups is 3. The molecule has 0 aromatic heterocycles. The van der Waals surface area contributed by atoms with E-state index in [1.54, 1.807) is 0 Å². The van der Waals surface area contributed by atoms with E-state index < -0.39 is 24.0 Å². The molecule has 0 radical (unpaired) electrons. The largest absolute Gasteiger partial charge is 0.480 e. The molecule has 0 aliphatic carbocycles. The van der Waals surface area contributed by atoms with Crippen LogP contribution in [0.25, 0.3) is 0 Å². The van der Waals surface area contributed by atoms with Gasteiger partial charge >= 0.3 is 5.97 Å². The summed E-state index contributed by atoms with van der Waals surface area (Å²) in [5, 5.41) is 14.7. The van der Waals surface area contributed by atoms with Crippen LogP contribution >= 0.6 is 22.6 Å². The van der Waals surface area contributed by atoms with Gasteiger partial charge in [-0.3, -0.25) is 9.59 Å². The molecule has 2 aromatic carbocycles. The molecule has 2 aromatic rings. The smallest absolute Gasteiger partial charge is 0.326 e. The zero-order valence-electron chi connectivity index (χ0n) is 14.8. The maximum atomic E-state index is 12.7. The highest BCUT2D eigenvalue weighted by Gasteiger charge is 2.26. The zero-order valence-corrected chi connectivity index (χ0v) is 17.0. The van der Waals surface area contributed by atoms with Gasteiger partial charge in [-0.05, 0) is 39.8 Å². The number of nitrogens with one attached hydrogen (secondary N) is 2. The van der Waals surface area contributed by atoms with Crippen LogP contribution in [0, 0.1) is 3.57 Å². The number of carbonyl (C=O) groups excluding carboxylic acids is 2. The molecular weight excluding hydrogens is 459 g/mol. The van der Waals surface area contributed by atoms with Gasteiger partial charge in [0.2, 0.25) is 11.8 Å². The fourth-order valence-electron chi connectivity index (χ4n) is 2.66. The van der Waals surface area contributed by atoms with Crippen molar-refractivity contribution in [1.82, 2.24) is 10.6 Å². The van der Waals surface area contributed by atoms with Crippen LogP contribution in [-0.4, -0.2) is 35.0 Å². The third kappa shape index (κ3) is 6.67. The summed E-state index contributed by atoms with van der Waals surface area (Å²) >= 11 is 2.13. The summed E-state index contributed by atoms with van der Waals surface area (Å²) in [5.74, 6) is -1.99. The molecule has 0 heterocycles. The van der Waals surface area contributed by atoms with Crippen LogP contribution in [0.1, 0.15) is 18.1 Å². The lowest BCUT2D eigenvalue weighted by Crippen LogP contribution is -2.52. The van der Waals surface area contributed by atoms with Gasteiger partial charge in [0.25, 0.3) is 0 Å². The number of hydrogen-bond donors (Lipinski definition) is 3. The maximum absolute atomic E-state index is 12.7. The second kappa shape index (κ2) is 10.1. The molecule has 0 saturated carbocycles. The van der Waals surface area contributed by atoms with Crippen LogP contribution in [-0.2, 0) is 27.2 Å². The molecule has 0 aliphatic rings. The van der Waals surface area contributed by atoms with Crippen molar-refractivity contribution in [3.63, 3.8) is 0 Å². The van der Waals surface area contributed by atoms with Crippen LogP contribution < -0.4 is 10.6 Å². The van der Waals surface area contributed by atoms with Crippen LogP contribution in [0.2, 0.25) is 0 Å². The first-order valence-electron chi connectivity index (χ1n) is 8.44. The van der Waals surface area contributed by atoms with Gasteiger partial charge < -0.3 is 15.7 Å². The SMILES string of the molecule is CC(=O)N[C@H](Cc1ccccc1)C(=O)N[C@H](Cc1ccccc1I)C(=O)O. The third-order valence-corrected chi connectivity index (χ3v) is 5.03. The van der Waals surface area contributed by atoms with Crippen LogP contribution in [0.5, 0.6) is 0 Å². The molecule has 2 rings (SSSR count). The molecule has 2 amide bonds. The average Bonchev–Trinajstić information content (AvgIpc) is 2.62. The molecule has 142 valence electrons. The van der Waals surface area contributed by atoms with Crippen LogP contribution in [0.4, 0.5) is 0 Å². The van der Waals surface area contributed by atoms with E-state index in [9.17, 15) is 19.5 Å². The predicted molar refractivity (Wildman–Crippen MR) is 110 cm³/mol. The van der Waals surface area contributed by atoms with Crippen LogP contribution in [0.15, 0.2) is 54.6 Å². The number of amides is 2. The second-order valence-corrected chi connectivity index (χ2v) is 7.30. The Morgan fingerprint density at radius 2 is 1.56 bits per heavy atom. The average molecular weight is 480 g/mol. The number of rotatable bonds is 8. The normalized spacial score (nSPS) is 12.7. The molecule has 2 atom stereocenters. The van der Waals surface area contributed by atoms with Gasteiger partial charge in [0.1, 0.15) is 12.1 Å². The number of halogens is 1. The Morgan fingerprint density at radius 3 is 2.15 bits per heavy atom. The molecule has 0 aliphatic heterocycles. The molecule has 0 unspecified atom stereocenters. The van der Waals surface area contributed by atoms with Gasteiger partial charge in [-0.2, -0.15) is 0 Å². The fourth-order valence-corrected chi connectivity index (χ4v) is 3.27. The first-order chi connectivity index (χ1) is 12.9. The van der Waals surface area contributed by atoms with Gasteiger partial charge in [0.05, 0.1) is 0 Å². The zero-order chi connectivity index (χ0) is 19.8. The van der Waals surface area contributed by atoms with E-state index in [0.29, 0.717) is 0 Å². The standard InChI is InChI=1S/C20H21IN2O4/c1-13(24)22-17(11-14-7-3-2-4-8-14)19(25)23-18(20(26)27)12-15-9-5-6-10-16(15)21/h2-10,17-18H,11-12H2,1H3,(H,22,24)(H,23,25)(H,26,27)/t17-,18-/m1/s1. The third-order valence-electron chi connectivity index (χ3n) is 3.97. The molecule has 3 N–H and O–H groups in total. The number of hydrogen-bond acceptors (Lipinski definition) is 3. The first kappa shape index (κ1) is 20.9. The summed E-state index contributed by atoms with van der Waals surface area (Å²) in [6, 6.07) is 14.7.